The van der Waals surface area contributed by atoms with E-state index in [1.165, 1.54) is 5.69 Å². The van der Waals surface area contributed by atoms with Crippen molar-refractivity contribution in [3.05, 3.63) is 18.0 Å². The van der Waals surface area contributed by atoms with E-state index < -0.39 is 0 Å². The summed E-state index contributed by atoms with van der Waals surface area (Å²) >= 11 is 0. The molecule has 0 saturated carbocycles. The first-order chi connectivity index (χ1) is 11.8. The highest BCUT2D eigenvalue weighted by atomic mass is 16.5. The molecule has 0 bridgehead atoms. The van der Waals surface area contributed by atoms with E-state index in [1.807, 2.05) is 11.1 Å². The molecule has 0 aromatic carbocycles. The van der Waals surface area contributed by atoms with Crippen LogP contribution in [0, 0.1) is 5.92 Å². The Labute approximate surface area is 143 Å². The van der Waals surface area contributed by atoms with Gasteiger partial charge >= 0.3 is 0 Å². The molecule has 4 rings (SSSR count). The third-order valence-corrected chi connectivity index (χ3v) is 5.78. The van der Waals surface area contributed by atoms with Crippen molar-refractivity contribution < 1.29 is 9.53 Å². The number of carbonyl (C=O) groups is 1. The zero-order valence-corrected chi connectivity index (χ0v) is 14.4. The number of aromatic nitrogens is 2. The van der Waals surface area contributed by atoms with Gasteiger partial charge in [0.1, 0.15) is 0 Å². The zero-order chi connectivity index (χ0) is 16.4. The quantitative estimate of drug-likeness (QED) is 0.839. The lowest BCUT2D eigenvalue weighted by atomic mass is 10.0. The Balaban J connectivity index is 1.43. The molecule has 0 aliphatic carbocycles. The molecule has 0 radical (unpaired) electrons. The Bertz CT molecular complexity index is 567. The van der Waals surface area contributed by atoms with Gasteiger partial charge in [0.15, 0.2) is 0 Å². The van der Waals surface area contributed by atoms with Gasteiger partial charge in [-0.05, 0) is 37.7 Å². The number of likely N-dealkylation sites (tertiary alicyclic amines) is 1. The van der Waals surface area contributed by atoms with E-state index in [1.54, 1.807) is 0 Å². The second-order valence-corrected chi connectivity index (χ2v) is 7.42. The predicted octanol–water partition coefficient (Wildman–Crippen LogP) is 1.51. The first-order valence-electron chi connectivity index (χ1n) is 9.40. The minimum Gasteiger partial charge on any atom is -0.381 e. The maximum Gasteiger partial charge on any atom is 0.222 e. The van der Waals surface area contributed by atoms with Crippen LogP contribution in [0.25, 0.3) is 0 Å². The monoisotopic (exact) mass is 332 g/mol. The van der Waals surface area contributed by atoms with E-state index in [-0.39, 0.29) is 0 Å². The van der Waals surface area contributed by atoms with Crippen LogP contribution in [0.5, 0.6) is 0 Å². The Morgan fingerprint density at radius 1 is 1.25 bits per heavy atom. The highest BCUT2D eigenvalue weighted by Crippen LogP contribution is 2.24. The van der Waals surface area contributed by atoms with Crippen LogP contribution < -0.4 is 0 Å². The number of fused-ring (bicyclic) bond motifs is 1. The summed E-state index contributed by atoms with van der Waals surface area (Å²) in [5.74, 6) is 0.895. The lowest BCUT2D eigenvalue weighted by Crippen LogP contribution is -2.41. The van der Waals surface area contributed by atoms with Crippen LogP contribution in [0.15, 0.2) is 12.3 Å². The molecule has 2 saturated heterocycles. The molecule has 1 atom stereocenters. The van der Waals surface area contributed by atoms with Crippen molar-refractivity contribution in [2.45, 2.75) is 51.2 Å². The average molecular weight is 332 g/mol. The lowest BCUT2D eigenvalue weighted by molar-refractivity contribution is -0.127. The Morgan fingerprint density at radius 2 is 2.12 bits per heavy atom. The molecule has 3 aliphatic rings. The maximum atomic E-state index is 11.9. The van der Waals surface area contributed by atoms with Crippen LogP contribution in [0.1, 0.15) is 37.8 Å². The van der Waals surface area contributed by atoms with E-state index in [4.69, 9.17) is 4.74 Å². The van der Waals surface area contributed by atoms with Crippen molar-refractivity contribution >= 4 is 5.91 Å². The van der Waals surface area contributed by atoms with Crippen LogP contribution in [-0.2, 0) is 22.6 Å². The van der Waals surface area contributed by atoms with Gasteiger partial charge in [0.25, 0.3) is 0 Å². The summed E-state index contributed by atoms with van der Waals surface area (Å²) in [6.45, 7) is 6.69. The molecule has 0 spiro atoms. The van der Waals surface area contributed by atoms with Gasteiger partial charge in [-0.25, -0.2) is 0 Å². The fourth-order valence-electron chi connectivity index (χ4n) is 4.36. The van der Waals surface area contributed by atoms with Gasteiger partial charge in [0.2, 0.25) is 5.91 Å². The van der Waals surface area contributed by atoms with Crippen molar-refractivity contribution in [1.29, 1.82) is 0 Å². The largest absolute Gasteiger partial charge is 0.381 e. The highest BCUT2D eigenvalue weighted by molar-refractivity contribution is 5.77. The van der Waals surface area contributed by atoms with E-state index in [0.29, 0.717) is 17.9 Å². The fraction of sp³-hybridized carbons (Fsp3) is 0.778. The van der Waals surface area contributed by atoms with Gasteiger partial charge < -0.3 is 9.64 Å². The van der Waals surface area contributed by atoms with Crippen LogP contribution in [0.4, 0.5) is 0 Å². The smallest absolute Gasteiger partial charge is 0.222 e. The van der Waals surface area contributed by atoms with Gasteiger partial charge in [-0.15, -0.1) is 0 Å². The van der Waals surface area contributed by atoms with Crippen molar-refractivity contribution in [1.82, 2.24) is 19.6 Å². The molecule has 3 aliphatic heterocycles. The SMILES string of the molecule is O=C1CCCN1CC[C@H]1CN(C2CCOCC2)Cc2ccnn2C1. The molecule has 4 heterocycles. The van der Waals surface area contributed by atoms with Crippen molar-refractivity contribution in [2.75, 3.05) is 32.8 Å². The zero-order valence-electron chi connectivity index (χ0n) is 14.4. The first kappa shape index (κ1) is 16.1. The Kier molecular flexibility index (Phi) is 4.85. The van der Waals surface area contributed by atoms with Gasteiger partial charge in [-0.1, -0.05) is 0 Å². The normalized spacial score (nSPS) is 26.6. The number of nitrogens with zero attached hydrogens (tertiary/aromatic N) is 4. The number of hydrogen-bond acceptors (Lipinski definition) is 4. The molecule has 6 heteroatoms. The van der Waals surface area contributed by atoms with Crippen LogP contribution in [0.2, 0.25) is 0 Å². The second kappa shape index (κ2) is 7.23. The highest BCUT2D eigenvalue weighted by Gasteiger charge is 2.29. The van der Waals surface area contributed by atoms with Gasteiger partial charge in [0.05, 0.1) is 5.69 Å². The Hall–Kier alpha value is -1.40. The number of amides is 1. The van der Waals surface area contributed by atoms with Gasteiger partial charge in [-0.3, -0.25) is 14.4 Å². The molecule has 1 aromatic heterocycles. The summed E-state index contributed by atoms with van der Waals surface area (Å²) in [6.07, 6.45) is 7.02. The lowest BCUT2D eigenvalue weighted by Gasteiger charge is -2.35. The summed E-state index contributed by atoms with van der Waals surface area (Å²) < 4.78 is 7.72. The average Bonchev–Trinajstić information content (AvgIpc) is 3.18. The van der Waals surface area contributed by atoms with E-state index >= 15 is 0 Å². The topological polar surface area (TPSA) is 50.6 Å². The van der Waals surface area contributed by atoms with Crippen LogP contribution in [0.3, 0.4) is 0 Å². The summed E-state index contributed by atoms with van der Waals surface area (Å²) in [5, 5.41) is 4.53. The van der Waals surface area contributed by atoms with Crippen molar-refractivity contribution in [3.8, 4) is 0 Å². The summed E-state index contributed by atoms with van der Waals surface area (Å²) in [4.78, 5) is 16.6. The van der Waals surface area contributed by atoms with Crippen LogP contribution in [-0.4, -0.2) is 64.4 Å². The first-order valence-corrected chi connectivity index (χ1v) is 9.40. The van der Waals surface area contributed by atoms with E-state index in [0.717, 1.165) is 78.0 Å². The molecular formula is C18H28N4O2. The third kappa shape index (κ3) is 3.49. The molecule has 0 unspecified atom stereocenters. The second-order valence-electron chi connectivity index (χ2n) is 7.42. The number of ether oxygens (including phenoxy) is 1. The fourth-order valence-corrected chi connectivity index (χ4v) is 4.36. The third-order valence-electron chi connectivity index (χ3n) is 5.78. The van der Waals surface area contributed by atoms with E-state index in [2.05, 4.69) is 20.7 Å². The Morgan fingerprint density at radius 3 is 2.92 bits per heavy atom. The minimum absolute atomic E-state index is 0.338. The molecule has 6 nitrogen and oxygen atoms in total. The molecule has 2 fully saturated rings. The number of rotatable bonds is 4. The van der Waals surface area contributed by atoms with Gasteiger partial charge in [0, 0.05) is 64.6 Å². The number of hydrogen-bond donors (Lipinski definition) is 0. The molecule has 24 heavy (non-hydrogen) atoms. The van der Waals surface area contributed by atoms with E-state index in [9.17, 15) is 4.79 Å². The minimum atomic E-state index is 0.338. The summed E-state index contributed by atoms with van der Waals surface area (Å²) in [7, 11) is 0. The number of carbonyl (C=O) groups excluding carboxylic acids is 1. The molecule has 132 valence electrons. The van der Waals surface area contributed by atoms with Gasteiger partial charge in [-0.2, -0.15) is 5.10 Å². The molecule has 1 amide bonds. The maximum absolute atomic E-state index is 11.9. The van der Waals surface area contributed by atoms with Crippen molar-refractivity contribution in [2.24, 2.45) is 5.92 Å². The molecular weight excluding hydrogens is 304 g/mol. The summed E-state index contributed by atoms with van der Waals surface area (Å²) in [5.41, 5.74) is 1.32. The molecule has 1 aromatic rings. The standard InChI is InChI=1S/C18H28N4O2/c23-18-2-1-8-20(18)9-4-15-12-21(16-5-10-24-11-6-16)14-17-3-7-19-22(17)13-15/h3,7,15-16H,1-2,4-6,8-14H2/t15-/m0/s1. The summed E-state index contributed by atoms with van der Waals surface area (Å²) in [6, 6.07) is 2.77. The molecule has 0 N–H and O–H groups in total. The predicted molar refractivity (Wildman–Crippen MR) is 90.4 cm³/mol. The van der Waals surface area contributed by atoms with Crippen LogP contribution >= 0.6 is 0 Å². The van der Waals surface area contributed by atoms with Crippen molar-refractivity contribution in [3.63, 3.8) is 0 Å².